The van der Waals surface area contributed by atoms with Crippen LogP contribution in [-0.2, 0) is 0 Å². The van der Waals surface area contributed by atoms with E-state index in [2.05, 4.69) is 42.9 Å². The number of amides is 1. The number of carbonyl (C=O) groups is 1. The van der Waals surface area contributed by atoms with Crippen molar-refractivity contribution in [3.05, 3.63) is 29.6 Å². The number of aromatic nitrogens is 1. The highest BCUT2D eigenvalue weighted by atomic mass is 16.2. The number of hydrogen-bond acceptors (Lipinski definition) is 3. The van der Waals surface area contributed by atoms with Crippen LogP contribution in [0.25, 0.3) is 0 Å². The summed E-state index contributed by atoms with van der Waals surface area (Å²) in [6.07, 6.45) is 4.56. The fourth-order valence-electron chi connectivity index (χ4n) is 1.40. The first-order chi connectivity index (χ1) is 9.48. The van der Waals surface area contributed by atoms with Gasteiger partial charge in [-0.3, -0.25) is 9.78 Å². The van der Waals surface area contributed by atoms with Crippen LogP contribution in [0.5, 0.6) is 0 Å². The average molecular weight is 274 g/mol. The Kier molecular flexibility index (Phi) is 6.20. The van der Waals surface area contributed by atoms with Crippen molar-refractivity contribution in [2.45, 2.75) is 33.6 Å². The third kappa shape index (κ3) is 5.41. The van der Waals surface area contributed by atoms with Crippen molar-refractivity contribution in [1.29, 1.82) is 0 Å². The van der Waals surface area contributed by atoms with Crippen LogP contribution < -0.4 is 5.32 Å². The van der Waals surface area contributed by atoms with E-state index in [4.69, 9.17) is 5.11 Å². The summed E-state index contributed by atoms with van der Waals surface area (Å²) < 4.78 is 0. The first-order valence-corrected chi connectivity index (χ1v) is 6.81. The summed E-state index contributed by atoms with van der Waals surface area (Å²) in [7, 11) is 0. The maximum atomic E-state index is 12.1. The van der Waals surface area contributed by atoms with Crippen molar-refractivity contribution in [3.8, 4) is 11.8 Å². The second-order valence-corrected chi connectivity index (χ2v) is 5.44. The molecule has 0 aromatic carbocycles. The van der Waals surface area contributed by atoms with Crippen LogP contribution >= 0.6 is 0 Å². The molecule has 108 valence electrons. The highest BCUT2D eigenvalue weighted by Gasteiger charge is 2.16. The number of hydrogen-bond donors (Lipinski definition) is 2. The van der Waals surface area contributed by atoms with Crippen molar-refractivity contribution in [2.24, 2.45) is 5.41 Å². The number of rotatable bonds is 5. The van der Waals surface area contributed by atoms with Gasteiger partial charge in [-0.1, -0.05) is 32.6 Å². The number of aliphatic hydroxyl groups excluding tert-OH is 1. The molecular formula is C16H22N2O2. The molecule has 0 atom stereocenters. The number of pyridine rings is 1. The summed E-state index contributed by atoms with van der Waals surface area (Å²) in [5, 5.41) is 11.6. The maximum Gasteiger partial charge on any atom is 0.252 e. The van der Waals surface area contributed by atoms with E-state index in [0.717, 1.165) is 6.42 Å². The molecule has 0 bridgehead atoms. The predicted octanol–water partition coefficient (Wildman–Crippen LogP) is 1.98. The summed E-state index contributed by atoms with van der Waals surface area (Å²) in [5.74, 6) is 5.55. The Bertz CT molecular complexity index is 513. The Hall–Kier alpha value is -1.86. The van der Waals surface area contributed by atoms with Gasteiger partial charge in [0.15, 0.2) is 0 Å². The smallest absolute Gasteiger partial charge is 0.252 e. The number of nitrogens with zero attached hydrogens (tertiary/aromatic N) is 1. The summed E-state index contributed by atoms with van der Waals surface area (Å²) in [6, 6.07) is 1.71. The maximum absolute atomic E-state index is 12.1. The molecule has 1 amide bonds. The molecule has 20 heavy (non-hydrogen) atoms. The number of carbonyl (C=O) groups excluding carboxylic acids is 1. The van der Waals surface area contributed by atoms with Crippen molar-refractivity contribution in [2.75, 3.05) is 13.2 Å². The predicted molar refractivity (Wildman–Crippen MR) is 79.2 cm³/mol. The van der Waals surface area contributed by atoms with Crippen molar-refractivity contribution >= 4 is 5.91 Å². The highest BCUT2D eigenvalue weighted by Crippen LogP contribution is 2.17. The first-order valence-electron chi connectivity index (χ1n) is 6.81. The quantitative estimate of drug-likeness (QED) is 0.807. The molecule has 1 rings (SSSR count). The molecular weight excluding hydrogens is 252 g/mol. The van der Waals surface area contributed by atoms with Gasteiger partial charge >= 0.3 is 0 Å². The van der Waals surface area contributed by atoms with E-state index >= 15 is 0 Å². The van der Waals surface area contributed by atoms with Gasteiger partial charge in [-0.25, -0.2) is 0 Å². The molecule has 0 aliphatic heterocycles. The molecule has 4 nitrogen and oxygen atoms in total. The van der Waals surface area contributed by atoms with E-state index in [1.807, 2.05) is 0 Å². The molecule has 4 heteroatoms. The highest BCUT2D eigenvalue weighted by molar-refractivity contribution is 5.94. The van der Waals surface area contributed by atoms with E-state index in [1.165, 1.54) is 6.20 Å². The minimum absolute atomic E-state index is 0.0344. The average Bonchev–Trinajstić information content (AvgIpc) is 2.45. The van der Waals surface area contributed by atoms with Crippen LogP contribution in [0.1, 0.15) is 49.5 Å². The monoisotopic (exact) mass is 274 g/mol. The standard InChI is InChI=1S/C16H22N2O2/c1-4-16(2,3)12-18-15(20)14-9-13(10-17-11-14)7-5-6-8-19/h9-11,19H,4,6,8,12H2,1-3H3,(H,18,20). The summed E-state index contributed by atoms with van der Waals surface area (Å²) in [4.78, 5) is 16.1. The lowest BCUT2D eigenvalue weighted by atomic mass is 9.90. The van der Waals surface area contributed by atoms with Crippen LogP contribution in [0.4, 0.5) is 0 Å². The summed E-state index contributed by atoms with van der Waals surface area (Å²) in [6.45, 7) is 6.99. The van der Waals surface area contributed by atoms with Gasteiger partial charge in [-0.2, -0.15) is 0 Å². The molecule has 0 unspecified atom stereocenters. The Morgan fingerprint density at radius 3 is 2.85 bits per heavy atom. The lowest BCUT2D eigenvalue weighted by Gasteiger charge is -2.22. The van der Waals surface area contributed by atoms with Gasteiger partial charge < -0.3 is 10.4 Å². The first kappa shape index (κ1) is 16.2. The Balaban J connectivity index is 2.70. The summed E-state index contributed by atoms with van der Waals surface area (Å²) in [5.41, 5.74) is 1.27. The third-order valence-electron chi connectivity index (χ3n) is 3.15. The zero-order chi connectivity index (χ0) is 15.0. The van der Waals surface area contributed by atoms with Crippen molar-refractivity contribution < 1.29 is 9.90 Å². The van der Waals surface area contributed by atoms with Crippen LogP contribution in [0.3, 0.4) is 0 Å². The molecule has 1 aromatic rings. The van der Waals surface area contributed by atoms with E-state index in [1.54, 1.807) is 12.3 Å². The SMILES string of the molecule is CCC(C)(C)CNC(=O)c1cncc(C#CCCO)c1. The minimum Gasteiger partial charge on any atom is -0.395 e. The van der Waals surface area contributed by atoms with Crippen LogP contribution in [0.2, 0.25) is 0 Å². The van der Waals surface area contributed by atoms with Gasteiger partial charge in [-0.05, 0) is 17.9 Å². The zero-order valence-corrected chi connectivity index (χ0v) is 12.4. The normalized spacial score (nSPS) is 10.6. The molecule has 2 N–H and O–H groups in total. The molecule has 1 aromatic heterocycles. The van der Waals surface area contributed by atoms with E-state index in [0.29, 0.717) is 24.1 Å². The second-order valence-electron chi connectivity index (χ2n) is 5.44. The Morgan fingerprint density at radius 2 is 2.20 bits per heavy atom. The van der Waals surface area contributed by atoms with E-state index < -0.39 is 0 Å². The molecule has 0 aliphatic rings. The molecule has 0 saturated carbocycles. The van der Waals surface area contributed by atoms with Gasteiger partial charge in [-0.15, -0.1) is 0 Å². The van der Waals surface area contributed by atoms with Gasteiger partial charge in [0, 0.05) is 30.9 Å². The topological polar surface area (TPSA) is 62.2 Å². The zero-order valence-electron chi connectivity index (χ0n) is 12.4. The van der Waals surface area contributed by atoms with Crippen molar-refractivity contribution in [3.63, 3.8) is 0 Å². The largest absolute Gasteiger partial charge is 0.395 e. The summed E-state index contributed by atoms with van der Waals surface area (Å²) >= 11 is 0. The van der Waals surface area contributed by atoms with Crippen molar-refractivity contribution in [1.82, 2.24) is 10.3 Å². The van der Waals surface area contributed by atoms with E-state index in [-0.39, 0.29) is 17.9 Å². The molecule has 0 aliphatic carbocycles. The lowest BCUT2D eigenvalue weighted by molar-refractivity contribution is 0.0935. The molecule has 1 heterocycles. The number of nitrogens with one attached hydrogen (secondary N) is 1. The fourth-order valence-corrected chi connectivity index (χ4v) is 1.40. The van der Waals surface area contributed by atoms with Crippen LogP contribution in [0.15, 0.2) is 18.5 Å². The molecule has 0 radical (unpaired) electrons. The van der Waals surface area contributed by atoms with Gasteiger partial charge in [0.25, 0.3) is 5.91 Å². The molecule has 0 saturated heterocycles. The van der Waals surface area contributed by atoms with Gasteiger partial charge in [0.1, 0.15) is 0 Å². The third-order valence-corrected chi connectivity index (χ3v) is 3.15. The van der Waals surface area contributed by atoms with E-state index in [9.17, 15) is 4.79 Å². The van der Waals surface area contributed by atoms with Crippen LogP contribution in [0, 0.1) is 17.3 Å². The Morgan fingerprint density at radius 1 is 1.45 bits per heavy atom. The second kappa shape index (κ2) is 7.66. The lowest BCUT2D eigenvalue weighted by Crippen LogP contribution is -2.33. The molecule has 0 fully saturated rings. The Labute approximate surface area is 120 Å². The minimum atomic E-state index is -0.134. The van der Waals surface area contributed by atoms with Gasteiger partial charge in [0.2, 0.25) is 0 Å². The number of aliphatic hydroxyl groups is 1. The van der Waals surface area contributed by atoms with Crippen LogP contribution in [-0.4, -0.2) is 29.1 Å². The molecule has 0 spiro atoms. The van der Waals surface area contributed by atoms with Gasteiger partial charge in [0.05, 0.1) is 12.2 Å². The fraction of sp³-hybridized carbons (Fsp3) is 0.500.